The summed E-state index contributed by atoms with van der Waals surface area (Å²) < 4.78 is 5.24. The fourth-order valence-electron chi connectivity index (χ4n) is 3.50. The van der Waals surface area contributed by atoms with Crippen LogP contribution in [0.25, 0.3) is 0 Å². The van der Waals surface area contributed by atoms with Gasteiger partial charge in [-0.25, -0.2) is 0 Å². The molecule has 0 radical (unpaired) electrons. The number of ketones is 1. The number of hydrogen-bond donors (Lipinski definition) is 0. The Morgan fingerprint density at radius 2 is 1.52 bits per heavy atom. The smallest absolute Gasteiger partial charge is 0.232 e. The number of morpholine rings is 1. The number of likely N-dealkylation sites (tertiary alicyclic amines) is 1. The third-order valence-corrected chi connectivity index (χ3v) is 6.88. The molecule has 1 aromatic rings. The molecule has 0 bridgehead atoms. The number of rotatable bonds is 6. The number of nitrogens with zero attached hydrogens (tertiary/aromatic N) is 2. The average Bonchev–Trinajstić information content (AvgIpc) is 2.75. The first-order valence-electron chi connectivity index (χ1n) is 9.66. The van der Waals surface area contributed by atoms with Crippen molar-refractivity contribution in [2.75, 3.05) is 50.9 Å². The number of hydrogen-bond acceptors (Lipinski definition) is 5. The Labute approximate surface area is 184 Å². The number of ether oxygens (including phenoxy) is 1. The van der Waals surface area contributed by atoms with Crippen molar-refractivity contribution in [3.05, 3.63) is 33.8 Å². The minimum absolute atomic E-state index is 0.0187. The van der Waals surface area contributed by atoms with E-state index in [2.05, 4.69) is 0 Å². The van der Waals surface area contributed by atoms with Crippen LogP contribution >= 0.6 is 35.0 Å². The Kier molecular flexibility index (Phi) is 8.24. The predicted octanol–water partition coefficient (Wildman–Crippen LogP) is 3.01. The molecule has 0 atom stereocenters. The Morgan fingerprint density at radius 1 is 0.931 bits per heavy atom. The van der Waals surface area contributed by atoms with Crippen LogP contribution in [0, 0.1) is 5.92 Å². The molecular formula is C20H24Cl2N2O4S. The van der Waals surface area contributed by atoms with E-state index in [0.717, 1.165) is 0 Å². The summed E-state index contributed by atoms with van der Waals surface area (Å²) in [6.45, 7) is 3.49. The maximum Gasteiger partial charge on any atom is 0.232 e. The van der Waals surface area contributed by atoms with E-state index >= 15 is 0 Å². The second-order valence-electron chi connectivity index (χ2n) is 7.13. The minimum atomic E-state index is -0.119. The third-order valence-electron chi connectivity index (χ3n) is 5.24. The summed E-state index contributed by atoms with van der Waals surface area (Å²) in [4.78, 5) is 40.8. The molecule has 0 N–H and O–H groups in total. The molecule has 6 nitrogen and oxygen atoms in total. The third kappa shape index (κ3) is 6.10. The summed E-state index contributed by atoms with van der Waals surface area (Å²) in [5.74, 6) is 0.578. The predicted molar refractivity (Wildman–Crippen MR) is 115 cm³/mol. The number of thioether (sulfide) groups is 1. The summed E-state index contributed by atoms with van der Waals surface area (Å²) in [6.07, 6.45) is 1.25. The van der Waals surface area contributed by atoms with Crippen LogP contribution in [-0.4, -0.2) is 78.3 Å². The zero-order chi connectivity index (χ0) is 20.8. The average molecular weight is 459 g/mol. The molecule has 2 aliphatic rings. The monoisotopic (exact) mass is 458 g/mol. The highest BCUT2D eigenvalue weighted by molar-refractivity contribution is 8.00. The molecule has 0 aromatic heterocycles. The summed E-state index contributed by atoms with van der Waals surface area (Å²) in [7, 11) is 0. The van der Waals surface area contributed by atoms with Gasteiger partial charge in [-0.1, -0.05) is 23.2 Å². The number of benzene rings is 1. The number of piperidine rings is 1. The van der Waals surface area contributed by atoms with E-state index in [4.69, 9.17) is 27.9 Å². The Hall–Kier alpha value is -1.28. The molecule has 2 fully saturated rings. The Morgan fingerprint density at radius 3 is 2.10 bits per heavy atom. The van der Waals surface area contributed by atoms with Gasteiger partial charge in [-0.05, 0) is 31.0 Å². The molecular weight excluding hydrogens is 435 g/mol. The summed E-state index contributed by atoms with van der Waals surface area (Å²) in [5.41, 5.74) is 0.557. The van der Waals surface area contributed by atoms with Crippen molar-refractivity contribution in [1.82, 2.24) is 9.80 Å². The van der Waals surface area contributed by atoms with Crippen molar-refractivity contribution in [2.45, 2.75) is 12.8 Å². The van der Waals surface area contributed by atoms with E-state index in [1.165, 1.54) is 11.8 Å². The fraction of sp³-hybridized carbons (Fsp3) is 0.550. The molecule has 0 unspecified atom stereocenters. The van der Waals surface area contributed by atoms with Crippen LogP contribution in [-0.2, 0) is 14.3 Å². The number of amides is 2. The second kappa shape index (κ2) is 10.7. The maximum atomic E-state index is 12.7. The highest BCUT2D eigenvalue weighted by atomic mass is 35.5. The van der Waals surface area contributed by atoms with E-state index in [1.54, 1.807) is 28.0 Å². The lowest BCUT2D eigenvalue weighted by Crippen LogP contribution is -2.42. The van der Waals surface area contributed by atoms with Gasteiger partial charge in [0.25, 0.3) is 0 Å². The van der Waals surface area contributed by atoms with E-state index in [0.29, 0.717) is 73.6 Å². The molecule has 2 aliphatic heterocycles. The van der Waals surface area contributed by atoms with E-state index in [9.17, 15) is 14.4 Å². The minimum Gasteiger partial charge on any atom is -0.378 e. The van der Waals surface area contributed by atoms with Crippen molar-refractivity contribution in [2.24, 2.45) is 5.92 Å². The molecule has 0 saturated carbocycles. The molecule has 0 spiro atoms. The molecule has 2 saturated heterocycles. The number of carbonyl (C=O) groups is 3. The maximum absolute atomic E-state index is 12.7. The molecule has 3 rings (SSSR count). The van der Waals surface area contributed by atoms with Crippen molar-refractivity contribution in [1.29, 1.82) is 0 Å². The van der Waals surface area contributed by atoms with Gasteiger partial charge in [-0.15, -0.1) is 11.8 Å². The molecule has 29 heavy (non-hydrogen) atoms. The van der Waals surface area contributed by atoms with Crippen LogP contribution in [0.2, 0.25) is 10.0 Å². The van der Waals surface area contributed by atoms with Gasteiger partial charge in [0.1, 0.15) is 0 Å². The molecule has 2 amide bonds. The van der Waals surface area contributed by atoms with Gasteiger partial charge < -0.3 is 14.5 Å². The van der Waals surface area contributed by atoms with Gasteiger partial charge in [0.2, 0.25) is 11.8 Å². The molecule has 2 heterocycles. The van der Waals surface area contributed by atoms with Crippen molar-refractivity contribution >= 4 is 52.6 Å². The molecule has 1 aromatic carbocycles. The number of carbonyl (C=O) groups excluding carboxylic acids is 3. The van der Waals surface area contributed by atoms with Crippen molar-refractivity contribution in [3.8, 4) is 0 Å². The van der Waals surface area contributed by atoms with Gasteiger partial charge >= 0.3 is 0 Å². The number of halogens is 2. The standard InChI is InChI=1S/C20H24Cl2N2O4S/c21-16-2-1-15(11-17(16)22)20(27)14-3-5-23(6-4-14)18(25)12-29-13-19(26)24-7-9-28-10-8-24/h1-2,11,14H,3-10,12-13H2. The largest absolute Gasteiger partial charge is 0.378 e. The first-order chi connectivity index (χ1) is 14.0. The first-order valence-corrected chi connectivity index (χ1v) is 11.6. The Balaban J connectivity index is 1.40. The van der Waals surface area contributed by atoms with Crippen LogP contribution in [0.1, 0.15) is 23.2 Å². The summed E-state index contributed by atoms with van der Waals surface area (Å²) in [6, 6.07) is 4.92. The number of Topliss-reactive ketones (excluding diaryl/α,β-unsaturated/α-hetero) is 1. The molecule has 0 aliphatic carbocycles. The van der Waals surface area contributed by atoms with Crippen LogP contribution in [0.4, 0.5) is 0 Å². The lowest BCUT2D eigenvalue weighted by Gasteiger charge is -2.31. The van der Waals surface area contributed by atoms with Gasteiger partial charge in [0.15, 0.2) is 5.78 Å². The van der Waals surface area contributed by atoms with Gasteiger partial charge in [-0.3, -0.25) is 14.4 Å². The van der Waals surface area contributed by atoms with Crippen molar-refractivity contribution in [3.63, 3.8) is 0 Å². The van der Waals surface area contributed by atoms with Crippen molar-refractivity contribution < 1.29 is 19.1 Å². The highest BCUT2D eigenvalue weighted by Crippen LogP contribution is 2.27. The molecule has 158 valence electrons. The quantitative estimate of drug-likeness (QED) is 0.612. The zero-order valence-corrected chi connectivity index (χ0v) is 18.4. The van der Waals surface area contributed by atoms with E-state index in [1.807, 2.05) is 0 Å². The van der Waals surface area contributed by atoms with E-state index < -0.39 is 0 Å². The van der Waals surface area contributed by atoms with Gasteiger partial charge in [-0.2, -0.15) is 0 Å². The highest BCUT2D eigenvalue weighted by Gasteiger charge is 2.28. The van der Waals surface area contributed by atoms with Gasteiger partial charge in [0.05, 0.1) is 34.8 Å². The van der Waals surface area contributed by atoms with Gasteiger partial charge in [0, 0.05) is 37.7 Å². The fourth-order valence-corrected chi connectivity index (χ4v) is 4.61. The summed E-state index contributed by atoms with van der Waals surface area (Å²) >= 11 is 13.3. The SMILES string of the molecule is O=C(c1ccc(Cl)c(Cl)c1)C1CCN(C(=O)CSCC(=O)N2CCOCC2)CC1. The van der Waals surface area contributed by atoms with Crippen LogP contribution in [0.3, 0.4) is 0 Å². The van der Waals surface area contributed by atoms with E-state index in [-0.39, 0.29) is 29.3 Å². The first kappa shape index (κ1) is 22.4. The van der Waals surface area contributed by atoms with Crippen LogP contribution in [0.15, 0.2) is 18.2 Å². The molecule has 9 heteroatoms. The lowest BCUT2D eigenvalue weighted by molar-refractivity contribution is -0.132. The topological polar surface area (TPSA) is 66.9 Å². The normalized spacial score (nSPS) is 18.0. The van der Waals surface area contributed by atoms with Crippen LogP contribution in [0.5, 0.6) is 0 Å². The summed E-state index contributed by atoms with van der Waals surface area (Å²) in [5, 5.41) is 0.794. The van der Waals surface area contributed by atoms with Crippen LogP contribution < -0.4 is 0 Å². The zero-order valence-electron chi connectivity index (χ0n) is 16.1. The second-order valence-corrected chi connectivity index (χ2v) is 8.93. The Bertz CT molecular complexity index is 763. The lowest BCUT2D eigenvalue weighted by atomic mass is 9.89.